The molecule has 1 nitrogen and oxygen atoms in total. The Kier molecular flexibility index (Phi) is 1.68. The molecule has 0 aromatic rings. The Balaban J connectivity index is 1.84. The van der Waals surface area contributed by atoms with E-state index in [0.717, 1.165) is 12.0 Å². The predicted molar refractivity (Wildman–Crippen MR) is 54.4 cm³/mol. The minimum atomic E-state index is 0.837. The summed E-state index contributed by atoms with van der Waals surface area (Å²) in [5.41, 5.74) is 3.60. The van der Waals surface area contributed by atoms with Gasteiger partial charge in [-0.15, -0.1) is 0 Å². The van der Waals surface area contributed by atoms with Crippen LogP contribution in [0.5, 0.6) is 0 Å². The molecule has 3 rings (SSSR count). The molecule has 72 valence electrons. The second kappa shape index (κ2) is 2.76. The van der Waals surface area contributed by atoms with Crippen LogP contribution in [0.3, 0.4) is 0 Å². The number of allylic oxidation sites excluding steroid dienone is 2. The molecule has 0 aromatic heterocycles. The first-order chi connectivity index (χ1) is 6.36. The molecular weight excluding hydrogens is 158 g/mol. The Bertz CT molecular complexity index is 244. The van der Waals surface area contributed by atoms with Gasteiger partial charge in [-0.2, -0.15) is 0 Å². The smallest absolute Gasteiger partial charge is 0.0259 e. The van der Waals surface area contributed by atoms with Crippen molar-refractivity contribution >= 4 is 0 Å². The summed E-state index contributed by atoms with van der Waals surface area (Å²) >= 11 is 0. The number of likely N-dealkylation sites (tertiary alicyclic amines) is 1. The van der Waals surface area contributed by atoms with E-state index in [4.69, 9.17) is 0 Å². The van der Waals surface area contributed by atoms with Crippen LogP contribution in [0.4, 0.5) is 0 Å². The summed E-state index contributed by atoms with van der Waals surface area (Å²) in [4.78, 5) is 2.72. The lowest BCUT2D eigenvalue weighted by atomic mass is 10.2. The molecule has 1 saturated heterocycles. The molecule has 0 N–H and O–H groups in total. The quantitative estimate of drug-likeness (QED) is 0.627. The van der Waals surface area contributed by atoms with Crippen molar-refractivity contribution in [3.63, 3.8) is 0 Å². The number of nitrogens with zero attached hydrogens (tertiary/aromatic N) is 1. The Morgan fingerprint density at radius 3 is 2.46 bits per heavy atom. The molecule has 0 spiro atoms. The van der Waals surface area contributed by atoms with Gasteiger partial charge in [0.25, 0.3) is 0 Å². The Morgan fingerprint density at radius 2 is 2.00 bits per heavy atom. The molecule has 0 bridgehead atoms. The van der Waals surface area contributed by atoms with E-state index in [-0.39, 0.29) is 0 Å². The molecule has 13 heavy (non-hydrogen) atoms. The summed E-state index contributed by atoms with van der Waals surface area (Å²) in [6.07, 6.45) is 8.61. The molecule has 0 amide bonds. The number of rotatable bonds is 2. The van der Waals surface area contributed by atoms with Crippen LogP contribution < -0.4 is 0 Å². The van der Waals surface area contributed by atoms with Crippen molar-refractivity contribution in [2.45, 2.75) is 51.5 Å². The van der Waals surface area contributed by atoms with Crippen LogP contribution >= 0.6 is 0 Å². The number of hydrogen-bond donors (Lipinski definition) is 0. The van der Waals surface area contributed by atoms with Crippen molar-refractivity contribution in [2.75, 3.05) is 6.54 Å². The first kappa shape index (κ1) is 7.90. The second-order valence-electron chi connectivity index (χ2n) is 4.95. The Labute approximate surface area is 80.8 Å². The van der Waals surface area contributed by atoms with Crippen molar-refractivity contribution in [3.8, 4) is 0 Å². The third-order valence-electron chi connectivity index (χ3n) is 3.69. The lowest BCUT2D eigenvalue weighted by Gasteiger charge is -2.27. The third kappa shape index (κ3) is 1.38. The Morgan fingerprint density at radius 1 is 1.23 bits per heavy atom. The standard InChI is InChI=1S/C12H19N/c1-9-3-2-8-13(9)12(10-4-5-10)11-6-7-11/h9-10H,2-8H2,1H3. The van der Waals surface area contributed by atoms with E-state index in [1.165, 1.54) is 45.1 Å². The minimum absolute atomic E-state index is 0.837. The summed E-state index contributed by atoms with van der Waals surface area (Å²) < 4.78 is 0. The highest BCUT2D eigenvalue weighted by Gasteiger charge is 2.37. The zero-order valence-corrected chi connectivity index (χ0v) is 8.55. The van der Waals surface area contributed by atoms with Crippen LogP contribution in [0.1, 0.15) is 45.4 Å². The number of hydrogen-bond acceptors (Lipinski definition) is 1. The highest BCUT2D eigenvalue weighted by molar-refractivity contribution is 5.29. The van der Waals surface area contributed by atoms with E-state index < -0.39 is 0 Å². The van der Waals surface area contributed by atoms with Crippen molar-refractivity contribution in [3.05, 3.63) is 11.3 Å². The fraction of sp³-hybridized carbons (Fsp3) is 0.833. The van der Waals surface area contributed by atoms with Gasteiger partial charge in [0.15, 0.2) is 0 Å². The third-order valence-corrected chi connectivity index (χ3v) is 3.69. The fourth-order valence-electron chi connectivity index (χ4n) is 2.69. The SMILES string of the molecule is CC1CCCN1C(=C1CC1)C1CC1. The maximum absolute atomic E-state index is 2.72. The van der Waals surface area contributed by atoms with E-state index in [1.54, 1.807) is 11.3 Å². The lowest BCUT2D eigenvalue weighted by Crippen LogP contribution is -2.27. The molecule has 1 heterocycles. The highest BCUT2D eigenvalue weighted by Crippen LogP contribution is 2.47. The van der Waals surface area contributed by atoms with Crippen LogP contribution in [-0.2, 0) is 0 Å². The summed E-state index contributed by atoms with van der Waals surface area (Å²) in [6, 6.07) is 0.837. The van der Waals surface area contributed by atoms with Gasteiger partial charge in [-0.1, -0.05) is 5.57 Å². The zero-order valence-electron chi connectivity index (χ0n) is 8.55. The van der Waals surface area contributed by atoms with Crippen LogP contribution in [0, 0.1) is 5.92 Å². The summed E-state index contributed by atoms with van der Waals surface area (Å²) in [5.74, 6) is 0.984. The van der Waals surface area contributed by atoms with Gasteiger partial charge in [0.05, 0.1) is 0 Å². The van der Waals surface area contributed by atoms with Gasteiger partial charge < -0.3 is 4.90 Å². The van der Waals surface area contributed by atoms with Crippen molar-refractivity contribution in [2.24, 2.45) is 5.92 Å². The molecule has 1 unspecified atom stereocenters. The first-order valence-electron chi connectivity index (χ1n) is 5.85. The molecule has 2 aliphatic carbocycles. The maximum Gasteiger partial charge on any atom is 0.0259 e. The van der Waals surface area contributed by atoms with E-state index >= 15 is 0 Å². The molecule has 1 heteroatoms. The van der Waals surface area contributed by atoms with Crippen LogP contribution in [0.2, 0.25) is 0 Å². The fourth-order valence-corrected chi connectivity index (χ4v) is 2.69. The molecule has 1 aliphatic heterocycles. The molecule has 3 aliphatic rings. The van der Waals surface area contributed by atoms with Gasteiger partial charge in [0.1, 0.15) is 0 Å². The van der Waals surface area contributed by atoms with Crippen LogP contribution in [0.15, 0.2) is 11.3 Å². The van der Waals surface area contributed by atoms with Crippen LogP contribution in [0.25, 0.3) is 0 Å². The van der Waals surface area contributed by atoms with Crippen LogP contribution in [-0.4, -0.2) is 17.5 Å². The largest absolute Gasteiger partial charge is 0.372 e. The second-order valence-corrected chi connectivity index (χ2v) is 4.95. The summed E-state index contributed by atoms with van der Waals surface area (Å²) in [5, 5.41) is 0. The molecule has 0 aromatic carbocycles. The average Bonchev–Trinajstić information content (AvgIpc) is 2.96. The van der Waals surface area contributed by atoms with Crippen molar-refractivity contribution in [1.82, 2.24) is 4.90 Å². The molecule has 0 radical (unpaired) electrons. The van der Waals surface area contributed by atoms with Gasteiger partial charge in [0.2, 0.25) is 0 Å². The average molecular weight is 177 g/mol. The summed E-state index contributed by atoms with van der Waals surface area (Å²) in [6.45, 7) is 3.74. The molecule has 2 saturated carbocycles. The Hall–Kier alpha value is -0.460. The van der Waals surface area contributed by atoms with E-state index in [1.807, 2.05) is 0 Å². The molecular formula is C12H19N. The van der Waals surface area contributed by atoms with Gasteiger partial charge in [-0.3, -0.25) is 0 Å². The maximum atomic E-state index is 2.72. The minimum Gasteiger partial charge on any atom is -0.372 e. The topological polar surface area (TPSA) is 3.24 Å². The van der Waals surface area contributed by atoms with E-state index in [2.05, 4.69) is 11.8 Å². The van der Waals surface area contributed by atoms with Gasteiger partial charge in [0, 0.05) is 18.3 Å². The molecule has 3 fully saturated rings. The highest BCUT2D eigenvalue weighted by atomic mass is 15.2. The van der Waals surface area contributed by atoms with Gasteiger partial charge in [-0.25, -0.2) is 0 Å². The van der Waals surface area contributed by atoms with Gasteiger partial charge >= 0.3 is 0 Å². The normalized spacial score (nSPS) is 32.5. The zero-order chi connectivity index (χ0) is 8.84. The van der Waals surface area contributed by atoms with E-state index in [9.17, 15) is 0 Å². The van der Waals surface area contributed by atoms with Gasteiger partial charge in [-0.05, 0) is 51.4 Å². The first-order valence-corrected chi connectivity index (χ1v) is 5.85. The predicted octanol–water partition coefficient (Wildman–Crippen LogP) is 2.93. The van der Waals surface area contributed by atoms with E-state index in [0.29, 0.717) is 0 Å². The lowest BCUT2D eigenvalue weighted by molar-refractivity contribution is 0.321. The van der Waals surface area contributed by atoms with Crippen molar-refractivity contribution < 1.29 is 0 Å². The molecule has 1 atom stereocenters. The van der Waals surface area contributed by atoms with Crippen molar-refractivity contribution in [1.29, 1.82) is 0 Å². The monoisotopic (exact) mass is 177 g/mol. The summed E-state index contributed by atoms with van der Waals surface area (Å²) in [7, 11) is 0.